The van der Waals surface area contributed by atoms with E-state index in [0.29, 0.717) is 0 Å². The van der Waals surface area contributed by atoms with Crippen LogP contribution in [-0.2, 0) is 9.53 Å². The van der Waals surface area contributed by atoms with E-state index in [2.05, 4.69) is 11.3 Å². The van der Waals surface area contributed by atoms with E-state index in [9.17, 15) is 4.79 Å². The van der Waals surface area contributed by atoms with Crippen molar-refractivity contribution in [3.05, 3.63) is 18.3 Å². The van der Waals surface area contributed by atoms with Gasteiger partial charge in [0.1, 0.15) is 0 Å². The van der Waals surface area contributed by atoms with Crippen molar-refractivity contribution in [3.63, 3.8) is 0 Å². The minimum atomic E-state index is -0.586. The molecule has 0 saturated carbocycles. The monoisotopic (exact) mass is 114 g/mol. The Bertz CT molecular complexity index is 142. The topological polar surface area (TPSA) is 46.5 Å². The third kappa shape index (κ3) is 3.00. The van der Waals surface area contributed by atoms with E-state index in [0.717, 1.165) is 0 Å². The summed E-state index contributed by atoms with van der Waals surface area (Å²) in [4.78, 5) is 9.94. The van der Waals surface area contributed by atoms with Gasteiger partial charge in [-0.25, -0.2) is 0 Å². The SMILES string of the molecule is C=C=C(O)OC(C)=O. The van der Waals surface area contributed by atoms with Crippen LogP contribution in [0.2, 0.25) is 0 Å². The second-order valence-electron chi connectivity index (χ2n) is 1.08. The molecule has 0 bridgehead atoms. The molecule has 44 valence electrons. The molecule has 0 aliphatic rings. The number of hydrogen-bond acceptors (Lipinski definition) is 3. The summed E-state index contributed by atoms with van der Waals surface area (Å²) < 4.78 is 4.06. The maximum absolute atomic E-state index is 9.94. The Morgan fingerprint density at radius 2 is 2.38 bits per heavy atom. The highest BCUT2D eigenvalue weighted by Gasteiger charge is 1.93. The standard InChI is InChI=1S/C5H6O3/c1-3-5(7)8-4(2)6/h7H,1H2,2H3. The predicted octanol–water partition coefficient (Wildman–Crippen LogP) is 0.734. The number of rotatable bonds is 1. The normalized spacial score (nSPS) is 7.12. The molecular formula is C5H6O3. The van der Waals surface area contributed by atoms with Crippen LogP contribution in [0.25, 0.3) is 0 Å². The van der Waals surface area contributed by atoms with Gasteiger partial charge < -0.3 is 9.84 Å². The minimum absolute atomic E-state index is 0.585. The predicted molar refractivity (Wildman–Crippen MR) is 27.0 cm³/mol. The van der Waals surface area contributed by atoms with E-state index in [1.165, 1.54) is 6.92 Å². The smallest absolute Gasteiger partial charge is 0.332 e. The number of hydrogen-bond donors (Lipinski definition) is 1. The van der Waals surface area contributed by atoms with E-state index in [4.69, 9.17) is 5.11 Å². The zero-order valence-corrected chi connectivity index (χ0v) is 4.47. The van der Waals surface area contributed by atoms with Gasteiger partial charge in [0.15, 0.2) is 0 Å². The first-order valence-corrected chi connectivity index (χ1v) is 1.94. The Morgan fingerprint density at radius 3 is 2.50 bits per heavy atom. The third-order valence-corrected chi connectivity index (χ3v) is 0.392. The molecule has 0 spiro atoms. The summed E-state index contributed by atoms with van der Waals surface area (Å²) in [5.41, 5.74) is 1.98. The van der Waals surface area contributed by atoms with Crippen molar-refractivity contribution in [1.82, 2.24) is 0 Å². The Morgan fingerprint density at radius 1 is 1.88 bits per heavy atom. The van der Waals surface area contributed by atoms with Gasteiger partial charge in [-0.05, 0) is 12.3 Å². The molecule has 0 amide bonds. The summed E-state index contributed by atoms with van der Waals surface area (Å²) in [6.07, 6.45) is 0. The largest absolute Gasteiger partial charge is 0.475 e. The van der Waals surface area contributed by atoms with Crippen molar-refractivity contribution < 1.29 is 14.6 Å². The lowest BCUT2D eigenvalue weighted by Gasteiger charge is -1.91. The molecule has 0 unspecified atom stereocenters. The van der Waals surface area contributed by atoms with Crippen LogP contribution < -0.4 is 0 Å². The second kappa shape index (κ2) is 2.88. The molecule has 0 aromatic carbocycles. The molecule has 0 rings (SSSR count). The maximum Gasteiger partial charge on any atom is 0.332 e. The minimum Gasteiger partial charge on any atom is -0.475 e. The van der Waals surface area contributed by atoms with Gasteiger partial charge in [0.05, 0.1) is 0 Å². The number of carbonyl (C=O) groups is 1. The maximum atomic E-state index is 9.94. The van der Waals surface area contributed by atoms with E-state index in [1.807, 2.05) is 5.73 Å². The molecule has 0 aromatic heterocycles. The zero-order valence-electron chi connectivity index (χ0n) is 4.47. The molecule has 0 radical (unpaired) electrons. The van der Waals surface area contributed by atoms with Crippen molar-refractivity contribution in [2.75, 3.05) is 0 Å². The lowest BCUT2D eigenvalue weighted by molar-refractivity contribution is -0.140. The van der Waals surface area contributed by atoms with Crippen LogP contribution in [0, 0.1) is 0 Å². The van der Waals surface area contributed by atoms with Gasteiger partial charge >= 0.3 is 11.9 Å². The summed E-state index contributed by atoms with van der Waals surface area (Å²) in [5.74, 6) is -1.17. The molecule has 0 aliphatic carbocycles. The van der Waals surface area contributed by atoms with Crippen LogP contribution in [0.1, 0.15) is 6.92 Å². The summed E-state index contributed by atoms with van der Waals surface area (Å²) in [7, 11) is 0. The van der Waals surface area contributed by atoms with Crippen molar-refractivity contribution >= 4 is 5.97 Å². The van der Waals surface area contributed by atoms with Crippen molar-refractivity contribution in [3.8, 4) is 0 Å². The first kappa shape index (κ1) is 6.79. The Hall–Kier alpha value is -1.21. The molecule has 0 aliphatic heterocycles. The van der Waals surface area contributed by atoms with E-state index < -0.39 is 11.9 Å². The first-order chi connectivity index (χ1) is 3.66. The highest BCUT2D eigenvalue weighted by Crippen LogP contribution is 1.85. The van der Waals surface area contributed by atoms with Crippen LogP contribution in [0.4, 0.5) is 0 Å². The highest BCUT2D eigenvalue weighted by atomic mass is 16.6. The molecule has 0 aromatic rings. The first-order valence-electron chi connectivity index (χ1n) is 1.94. The zero-order chi connectivity index (χ0) is 6.57. The van der Waals surface area contributed by atoms with Gasteiger partial charge in [-0.3, -0.25) is 4.79 Å². The highest BCUT2D eigenvalue weighted by molar-refractivity contribution is 5.66. The fourth-order valence-corrected chi connectivity index (χ4v) is 0.172. The Kier molecular flexibility index (Phi) is 2.45. The fraction of sp³-hybridized carbons (Fsp3) is 0.200. The molecule has 3 heteroatoms. The summed E-state index contributed by atoms with van der Waals surface area (Å²) in [6, 6.07) is 0. The summed E-state index contributed by atoms with van der Waals surface area (Å²) >= 11 is 0. The van der Waals surface area contributed by atoms with E-state index in [1.54, 1.807) is 0 Å². The summed E-state index contributed by atoms with van der Waals surface area (Å²) in [6.45, 7) is 4.20. The molecular weight excluding hydrogens is 108 g/mol. The lowest BCUT2D eigenvalue weighted by Crippen LogP contribution is -1.95. The van der Waals surface area contributed by atoms with Gasteiger partial charge in [-0.2, -0.15) is 0 Å². The van der Waals surface area contributed by atoms with Crippen LogP contribution in [0.3, 0.4) is 0 Å². The molecule has 0 atom stereocenters. The second-order valence-corrected chi connectivity index (χ2v) is 1.08. The van der Waals surface area contributed by atoms with Crippen LogP contribution in [-0.4, -0.2) is 11.1 Å². The van der Waals surface area contributed by atoms with Crippen molar-refractivity contribution in [2.45, 2.75) is 6.92 Å². The van der Waals surface area contributed by atoms with Crippen LogP contribution in [0.15, 0.2) is 18.3 Å². The van der Waals surface area contributed by atoms with Gasteiger partial charge in [0.25, 0.3) is 0 Å². The van der Waals surface area contributed by atoms with E-state index >= 15 is 0 Å². The molecule has 0 fully saturated rings. The third-order valence-electron chi connectivity index (χ3n) is 0.392. The fourth-order valence-electron chi connectivity index (χ4n) is 0.172. The number of esters is 1. The average Bonchev–Trinajstić information content (AvgIpc) is 1.65. The quantitative estimate of drug-likeness (QED) is 0.310. The molecule has 0 heterocycles. The van der Waals surface area contributed by atoms with E-state index in [-0.39, 0.29) is 0 Å². The molecule has 3 nitrogen and oxygen atoms in total. The van der Waals surface area contributed by atoms with Gasteiger partial charge in [0, 0.05) is 6.92 Å². The number of carbonyl (C=O) groups excluding carboxylic acids is 1. The van der Waals surface area contributed by atoms with Gasteiger partial charge in [-0.1, -0.05) is 0 Å². The Balaban J connectivity index is 3.74. The molecule has 1 N–H and O–H groups in total. The van der Waals surface area contributed by atoms with Crippen LogP contribution >= 0.6 is 0 Å². The van der Waals surface area contributed by atoms with Gasteiger partial charge in [-0.15, -0.1) is 0 Å². The van der Waals surface area contributed by atoms with Crippen molar-refractivity contribution in [2.24, 2.45) is 0 Å². The molecule has 8 heavy (non-hydrogen) atoms. The van der Waals surface area contributed by atoms with Crippen LogP contribution in [0.5, 0.6) is 0 Å². The molecule has 0 saturated heterocycles. The number of aliphatic hydroxyl groups is 1. The lowest BCUT2D eigenvalue weighted by atomic mass is 10.8. The van der Waals surface area contributed by atoms with Gasteiger partial charge in [0.2, 0.25) is 0 Å². The van der Waals surface area contributed by atoms with Crippen molar-refractivity contribution in [1.29, 1.82) is 0 Å². The average molecular weight is 114 g/mol. The number of aliphatic hydroxyl groups excluding tert-OH is 1. The Labute approximate surface area is 46.9 Å². The number of ether oxygens (including phenoxy) is 1. The summed E-state index contributed by atoms with van der Waals surface area (Å²) in [5, 5.41) is 8.33.